The molecule has 6 atom stereocenters. The largest absolute Gasteiger partial charge is 0.356 e. The zero-order valence-corrected chi connectivity index (χ0v) is 24.2. The first-order chi connectivity index (χ1) is 19.8. The van der Waals surface area contributed by atoms with Crippen molar-refractivity contribution in [3.63, 3.8) is 0 Å². The first-order valence-corrected chi connectivity index (χ1v) is 16.6. The SMILES string of the molecule is C[C@@H]1C=CC2=C(SC3CCC(n4c5c(c6c4C=CCC6)CCC=C5)=CC23)C1N1C2=C(CCC=C2)C2C=CC=CC21. The summed E-state index contributed by atoms with van der Waals surface area (Å²) in [6, 6.07) is 0.889. The third-order valence-corrected chi connectivity index (χ3v) is 12.3. The summed E-state index contributed by atoms with van der Waals surface area (Å²) in [5.41, 5.74) is 12.5. The fourth-order valence-electron chi connectivity index (χ4n) is 8.99. The van der Waals surface area contributed by atoms with Gasteiger partial charge in [-0.2, -0.15) is 0 Å². The highest BCUT2D eigenvalue weighted by atomic mass is 32.2. The van der Waals surface area contributed by atoms with E-state index in [1.807, 2.05) is 0 Å². The predicted octanol–water partition coefficient (Wildman–Crippen LogP) is 8.63. The van der Waals surface area contributed by atoms with Crippen LogP contribution in [0.5, 0.6) is 0 Å². The first kappa shape index (κ1) is 23.8. The average molecular weight is 543 g/mol. The summed E-state index contributed by atoms with van der Waals surface area (Å²) in [5, 5.41) is 0.662. The fourth-order valence-corrected chi connectivity index (χ4v) is 10.7. The van der Waals surface area contributed by atoms with E-state index in [9.17, 15) is 0 Å². The van der Waals surface area contributed by atoms with Gasteiger partial charge in [0.25, 0.3) is 0 Å². The minimum atomic E-state index is 0.435. The molecule has 6 aliphatic carbocycles. The van der Waals surface area contributed by atoms with E-state index >= 15 is 0 Å². The molecular formula is C37H38N2S. The van der Waals surface area contributed by atoms with E-state index < -0.39 is 0 Å². The Morgan fingerprint density at radius 3 is 2.35 bits per heavy atom. The Labute approximate surface area is 243 Å². The number of nitrogens with zero attached hydrogens (tertiary/aromatic N) is 2. The Bertz CT molecular complexity index is 1540. The van der Waals surface area contributed by atoms with Crippen LogP contribution in [0, 0.1) is 17.8 Å². The number of thioether (sulfide) groups is 1. The van der Waals surface area contributed by atoms with Crippen LogP contribution in [0.3, 0.4) is 0 Å². The minimum absolute atomic E-state index is 0.435. The molecule has 0 N–H and O–H groups in total. The second-order valence-electron chi connectivity index (χ2n) is 12.9. The quantitative estimate of drug-likeness (QED) is 0.370. The fraction of sp³-hybridized carbons (Fsp3) is 0.405. The molecule has 0 spiro atoms. The molecule has 1 aromatic heterocycles. The van der Waals surface area contributed by atoms with Crippen molar-refractivity contribution in [1.82, 2.24) is 9.47 Å². The first-order valence-electron chi connectivity index (χ1n) is 15.7. The zero-order chi connectivity index (χ0) is 26.4. The monoisotopic (exact) mass is 542 g/mol. The molecule has 0 aromatic carbocycles. The number of allylic oxidation sites excluding steroid dienone is 10. The molecule has 2 nitrogen and oxygen atoms in total. The lowest BCUT2D eigenvalue weighted by molar-refractivity contribution is 0.220. The van der Waals surface area contributed by atoms with E-state index in [2.05, 4.69) is 107 Å². The maximum absolute atomic E-state index is 2.84. The third kappa shape index (κ3) is 3.30. The van der Waals surface area contributed by atoms with E-state index in [0.717, 1.165) is 0 Å². The molecule has 9 rings (SSSR count). The lowest BCUT2D eigenvalue weighted by Gasteiger charge is -2.42. The van der Waals surface area contributed by atoms with Crippen molar-refractivity contribution in [2.24, 2.45) is 17.8 Å². The molecular weight excluding hydrogens is 504 g/mol. The van der Waals surface area contributed by atoms with E-state index in [1.165, 1.54) is 74.1 Å². The van der Waals surface area contributed by atoms with Crippen molar-refractivity contribution in [2.45, 2.75) is 75.6 Å². The van der Waals surface area contributed by atoms with Gasteiger partial charge in [0.2, 0.25) is 0 Å². The van der Waals surface area contributed by atoms with E-state index in [4.69, 9.17) is 0 Å². The summed E-state index contributed by atoms with van der Waals surface area (Å²) in [6.07, 6.45) is 41.3. The molecule has 3 heterocycles. The van der Waals surface area contributed by atoms with Crippen LogP contribution < -0.4 is 0 Å². The zero-order valence-electron chi connectivity index (χ0n) is 23.4. The number of aromatic nitrogens is 1. The van der Waals surface area contributed by atoms with Gasteiger partial charge in [-0.3, -0.25) is 0 Å². The Morgan fingerprint density at radius 1 is 0.775 bits per heavy atom. The van der Waals surface area contributed by atoms with E-state index in [0.29, 0.717) is 35.1 Å². The molecule has 8 aliphatic rings. The molecule has 0 amide bonds. The molecule has 0 saturated carbocycles. The van der Waals surface area contributed by atoms with Crippen LogP contribution in [0.25, 0.3) is 17.8 Å². The van der Waals surface area contributed by atoms with E-state index in [1.54, 1.807) is 27.2 Å². The van der Waals surface area contributed by atoms with Crippen LogP contribution in [-0.2, 0) is 12.8 Å². The van der Waals surface area contributed by atoms with Gasteiger partial charge in [-0.25, -0.2) is 0 Å². The van der Waals surface area contributed by atoms with Crippen molar-refractivity contribution >= 4 is 29.6 Å². The van der Waals surface area contributed by atoms with Gasteiger partial charge in [0.1, 0.15) is 0 Å². The van der Waals surface area contributed by atoms with Gasteiger partial charge < -0.3 is 9.47 Å². The number of hydrogen-bond acceptors (Lipinski definition) is 2. The van der Waals surface area contributed by atoms with Gasteiger partial charge in [0, 0.05) is 44.8 Å². The van der Waals surface area contributed by atoms with Gasteiger partial charge in [-0.1, -0.05) is 67.7 Å². The molecule has 0 saturated heterocycles. The topological polar surface area (TPSA) is 8.17 Å². The lowest BCUT2D eigenvalue weighted by Crippen LogP contribution is -2.45. The molecule has 0 fully saturated rings. The smallest absolute Gasteiger partial charge is 0.0670 e. The maximum atomic E-state index is 2.84. The standard InChI is InChI=1S/C37H38N2S/c1-23-18-20-29-30-22-24(38-31-14-6-2-10-25(31)26-11-3-7-15-32(26)38)19-21-35(30)40-37(29)36(23)39-33-16-8-4-12-27(33)28-13-5-9-17-34(28)39/h4,6-9,12,14-18,20,22-23,27,30,33,35-36H,2-3,5,10-11,13,19,21H2,1H3/t23-,27?,30?,33?,35?,36?/m1/s1. The van der Waals surface area contributed by atoms with Crippen molar-refractivity contribution < 1.29 is 0 Å². The van der Waals surface area contributed by atoms with Gasteiger partial charge >= 0.3 is 0 Å². The summed E-state index contributed by atoms with van der Waals surface area (Å²) in [6.45, 7) is 2.45. The molecule has 2 aliphatic heterocycles. The van der Waals surface area contributed by atoms with Gasteiger partial charge in [0.05, 0.1) is 12.1 Å². The number of fused-ring (bicyclic) bond motifs is 7. The van der Waals surface area contributed by atoms with Crippen LogP contribution in [0.2, 0.25) is 0 Å². The van der Waals surface area contributed by atoms with Crippen molar-refractivity contribution in [1.29, 1.82) is 0 Å². The normalized spacial score (nSPS) is 34.5. The van der Waals surface area contributed by atoms with Gasteiger partial charge in [-0.05, 0) is 97.8 Å². The molecule has 5 unspecified atom stereocenters. The number of rotatable bonds is 2. The molecule has 40 heavy (non-hydrogen) atoms. The summed E-state index contributed by atoms with van der Waals surface area (Å²) >= 11 is 2.23. The van der Waals surface area contributed by atoms with Crippen molar-refractivity contribution in [3.8, 4) is 0 Å². The summed E-state index contributed by atoms with van der Waals surface area (Å²) in [7, 11) is 0. The van der Waals surface area contributed by atoms with Crippen LogP contribution in [-0.4, -0.2) is 26.8 Å². The Morgan fingerprint density at radius 2 is 1.52 bits per heavy atom. The van der Waals surface area contributed by atoms with Crippen molar-refractivity contribution in [2.75, 3.05) is 0 Å². The number of hydrogen-bond donors (Lipinski definition) is 0. The van der Waals surface area contributed by atoms with E-state index in [-0.39, 0.29) is 0 Å². The molecule has 1 aromatic rings. The van der Waals surface area contributed by atoms with Crippen LogP contribution in [0.4, 0.5) is 0 Å². The Hall–Kier alpha value is -2.91. The maximum Gasteiger partial charge on any atom is 0.0670 e. The van der Waals surface area contributed by atoms with Gasteiger partial charge in [0.15, 0.2) is 0 Å². The minimum Gasteiger partial charge on any atom is -0.356 e. The molecule has 0 bridgehead atoms. The summed E-state index contributed by atoms with van der Waals surface area (Å²) in [4.78, 5) is 4.50. The van der Waals surface area contributed by atoms with Crippen LogP contribution >= 0.6 is 11.8 Å². The second-order valence-corrected chi connectivity index (χ2v) is 14.1. The predicted molar refractivity (Wildman–Crippen MR) is 169 cm³/mol. The summed E-state index contributed by atoms with van der Waals surface area (Å²) in [5.74, 6) is 1.56. The molecule has 0 radical (unpaired) electrons. The van der Waals surface area contributed by atoms with Gasteiger partial charge in [-0.15, -0.1) is 11.8 Å². The second kappa shape index (κ2) is 9.05. The third-order valence-electron chi connectivity index (χ3n) is 10.7. The van der Waals surface area contributed by atoms with Crippen LogP contribution in [0.1, 0.15) is 68.0 Å². The average Bonchev–Trinajstić information content (AvgIpc) is 3.65. The lowest BCUT2D eigenvalue weighted by atomic mass is 9.81. The highest BCUT2D eigenvalue weighted by Crippen LogP contribution is 2.56. The Kier molecular flexibility index (Phi) is 5.37. The molecule has 202 valence electrons. The van der Waals surface area contributed by atoms with Crippen molar-refractivity contribution in [3.05, 3.63) is 111 Å². The highest BCUT2D eigenvalue weighted by molar-refractivity contribution is 8.04. The highest BCUT2D eigenvalue weighted by Gasteiger charge is 2.48. The summed E-state index contributed by atoms with van der Waals surface area (Å²) < 4.78 is 2.66. The molecule has 3 heteroatoms. The van der Waals surface area contributed by atoms with Crippen LogP contribution in [0.15, 0.2) is 88.6 Å². The Balaban J connectivity index is 1.13.